The molecule has 0 saturated heterocycles. The van der Waals surface area contributed by atoms with Gasteiger partial charge in [-0.05, 0) is 40.2 Å². The molecule has 2 N–H and O–H groups in total. The summed E-state index contributed by atoms with van der Waals surface area (Å²) in [6, 6.07) is 9.17. The Hall–Kier alpha value is -2.14. The van der Waals surface area contributed by atoms with E-state index in [0.717, 1.165) is 5.56 Å². The summed E-state index contributed by atoms with van der Waals surface area (Å²) in [6.07, 6.45) is -1.73. The van der Waals surface area contributed by atoms with Crippen molar-refractivity contribution in [2.45, 2.75) is 51.9 Å². The molecule has 0 aromatic heterocycles. The van der Waals surface area contributed by atoms with Crippen molar-refractivity contribution >= 4 is 6.09 Å². The molecule has 0 bridgehead atoms. The van der Waals surface area contributed by atoms with Crippen LogP contribution in [0.3, 0.4) is 0 Å². The number of amides is 1. The molecule has 5 nitrogen and oxygen atoms in total. The molecule has 2 aromatic carbocycles. The van der Waals surface area contributed by atoms with Crippen LogP contribution in [-0.2, 0) is 4.74 Å². The van der Waals surface area contributed by atoms with Crippen LogP contribution in [0.15, 0.2) is 35.1 Å². The van der Waals surface area contributed by atoms with E-state index in [9.17, 15) is 14.7 Å². The van der Waals surface area contributed by atoms with Crippen molar-refractivity contribution in [2.75, 3.05) is 0 Å². The monoisotopic (exact) mass is 317 g/mol. The zero-order valence-electron chi connectivity index (χ0n) is 14.1. The van der Waals surface area contributed by atoms with Gasteiger partial charge in [0.25, 0.3) is 0 Å². The second-order valence-corrected chi connectivity index (χ2v) is 7.23. The number of rotatable bonds is 4. The number of aliphatic hydroxyl groups is 1. The lowest BCUT2D eigenvalue weighted by Crippen LogP contribution is -2.49. The van der Waals surface area contributed by atoms with Crippen LogP contribution in [-0.4, -0.2) is 22.3 Å². The number of nitrogens with one attached hydrogen (secondary N) is 1. The number of hydrogen-bond acceptors (Lipinski definition) is 4. The Morgan fingerprint density at radius 2 is 1.70 bits per heavy atom. The van der Waals surface area contributed by atoms with Gasteiger partial charge in [0.15, 0.2) is 5.43 Å². The molecule has 5 heteroatoms. The molecule has 124 valence electrons. The summed E-state index contributed by atoms with van der Waals surface area (Å²) in [6.45, 7) is 8.59. The first-order valence-electron chi connectivity index (χ1n) is 7.56. The van der Waals surface area contributed by atoms with Gasteiger partial charge in [0.1, 0.15) is 11.7 Å². The number of carbonyl (C=O) groups excluding carboxylic acids is 1. The molecular weight excluding hydrogens is 294 g/mol. The quantitative estimate of drug-likeness (QED) is 0.909. The van der Waals surface area contributed by atoms with Crippen molar-refractivity contribution in [3.8, 4) is 11.1 Å². The fourth-order valence-corrected chi connectivity index (χ4v) is 2.33. The van der Waals surface area contributed by atoms with Gasteiger partial charge in [0, 0.05) is 11.1 Å². The molecule has 0 aliphatic carbocycles. The molecule has 0 fully saturated rings. The van der Waals surface area contributed by atoms with E-state index in [1.165, 1.54) is 0 Å². The highest BCUT2D eigenvalue weighted by Crippen LogP contribution is 2.35. The van der Waals surface area contributed by atoms with E-state index in [2.05, 4.69) is 5.32 Å². The smallest absolute Gasteiger partial charge is 0.408 e. The Labute approximate surface area is 136 Å². The van der Waals surface area contributed by atoms with E-state index in [0.29, 0.717) is 11.1 Å². The van der Waals surface area contributed by atoms with Gasteiger partial charge in [-0.2, -0.15) is 0 Å². The predicted molar refractivity (Wildman–Crippen MR) is 88.9 cm³/mol. The van der Waals surface area contributed by atoms with Gasteiger partial charge in [-0.15, -0.1) is 0 Å². The second kappa shape index (κ2) is 5.81. The van der Waals surface area contributed by atoms with Crippen molar-refractivity contribution in [1.29, 1.82) is 0 Å². The highest BCUT2D eigenvalue weighted by molar-refractivity contribution is 5.77. The standard InChI is InChI=1S/C18H23NO4/c1-17(2,3)23-16(22)19-18(4,5)15(21)13-12(14(13)20)11-9-7-6-8-10-11/h6-10,15,21H,1-5H3,(H,19,22). The SMILES string of the molecule is CC(C)(C)OC(=O)NC(C)(C)C(O)c1c(-c2ccccc2)c1=O. The van der Waals surface area contributed by atoms with E-state index in [1.54, 1.807) is 34.6 Å². The molecule has 0 radical (unpaired) electrons. The van der Waals surface area contributed by atoms with Crippen LogP contribution in [0.4, 0.5) is 4.79 Å². The third kappa shape index (κ3) is 3.99. The lowest BCUT2D eigenvalue weighted by molar-refractivity contribution is 0.0298. The average molecular weight is 317 g/mol. The van der Waals surface area contributed by atoms with Gasteiger partial charge in [-0.25, -0.2) is 4.79 Å². The van der Waals surface area contributed by atoms with Gasteiger partial charge in [0.2, 0.25) is 0 Å². The third-order valence-electron chi connectivity index (χ3n) is 3.52. The normalized spacial score (nSPS) is 13.8. The Morgan fingerprint density at radius 3 is 2.22 bits per heavy atom. The topological polar surface area (TPSA) is 75.6 Å². The summed E-state index contributed by atoms with van der Waals surface area (Å²) in [5.41, 5.74) is -0.171. The number of alkyl carbamates (subject to hydrolysis) is 1. The highest BCUT2D eigenvalue weighted by atomic mass is 16.6. The number of hydrogen-bond donors (Lipinski definition) is 2. The zero-order valence-corrected chi connectivity index (χ0v) is 14.1. The van der Waals surface area contributed by atoms with Crippen LogP contribution in [0.5, 0.6) is 0 Å². The molecule has 1 unspecified atom stereocenters. The van der Waals surface area contributed by atoms with Crippen molar-refractivity contribution in [3.63, 3.8) is 0 Å². The van der Waals surface area contributed by atoms with Crippen molar-refractivity contribution in [2.24, 2.45) is 0 Å². The Balaban J connectivity index is 2.13. The van der Waals surface area contributed by atoms with Gasteiger partial charge < -0.3 is 15.2 Å². The van der Waals surface area contributed by atoms with Crippen molar-refractivity contribution in [3.05, 3.63) is 46.1 Å². The zero-order chi connectivity index (χ0) is 17.4. The van der Waals surface area contributed by atoms with E-state index in [-0.39, 0.29) is 5.43 Å². The van der Waals surface area contributed by atoms with Crippen molar-refractivity contribution < 1.29 is 14.6 Å². The third-order valence-corrected chi connectivity index (χ3v) is 3.52. The first-order chi connectivity index (χ1) is 10.5. The van der Waals surface area contributed by atoms with Gasteiger partial charge in [-0.3, -0.25) is 4.79 Å². The number of carbonyl (C=O) groups is 1. The average Bonchev–Trinajstić information content (AvgIpc) is 3.07. The van der Waals surface area contributed by atoms with Gasteiger partial charge in [-0.1, -0.05) is 30.3 Å². The predicted octanol–water partition coefficient (Wildman–Crippen LogP) is 2.93. The van der Waals surface area contributed by atoms with E-state index in [1.807, 2.05) is 30.3 Å². The molecule has 2 aromatic rings. The first-order valence-corrected chi connectivity index (χ1v) is 7.56. The highest BCUT2D eigenvalue weighted by Gasteiger charge is 2.40. The summed E-state index contributed by atoms with van der Waals surface area (Å²) in [5, 5.41) is 13.1. The maximum absolute atomic E-state index is 12.0. The van der Waals surface area contributed by atoms with Crippen molar-refractivity contribution in [1.82, 2.24) is 5.32 Å². The maximum Gasteiger partial charge on any atom is 0.408 e. The van der Waals surface area contributed by atoms with E-state index in [4.69, 9.17) is 4.74 Å². The van der Waals surface area contributed by atoms with Gasteiger partial charge >= 0.3 is 6.09 Å². The molecule has 0 spiro atoms. The molecule has 1 atom stereocenters. The lowest BCUT2D eigenvalue weighted by atomic mass is 9.94. The lowest BCUT2D eigenvalue weighted by Gasteiger charge is -2.31. The van der Waals surface area contributed by atoms with Crippen LogP contribution in [0.2, 0.25) is 0 Å². The molecule has 2 rings (SSSR count). The Bertz CT molecular complexity index is 703. The molecular formula is C18H23NO4. The Morgan fingerprint density at radius 1 is 1.13 bits per heavy atom. The van der Waals surface area contributed by atoms with E-state index >= 15 is 0 Å². The second-order valence-electron chi connectivity index (χ2n) is 7.23. The van der Waals surface area contributed by atoms with Crippen LogP contribution >= 0.6 is 0 Å². The van der Waals surface area contributed by atoms with Crippen LogP contribution in [0.1, 0.15) is 46.3 Å². The number of benzene rings is 1. The maximum atomic E-state index is 12.0. The minimum atomic E-state index is -1.10. The Kier molecular flexibility index (Phi) is 4.35. The van der Waals surface area contributed by atoms with Crippen LogP contribution in [0.25, 0.3) is 11.1 Å². The molecule has 1 amide bonds. The minimum Gasteiger partial charge on any atom is -0.444 e. The summed E-state index contributed by atoms with van der Waals surface area (Å²) in [5.74, 6) is 0. The molecule has 23 heavy (non-hydrogen) atoms. The summed E-state index contributed by atoms with van der Waals surface area (Å²) < 4.78 is 5.20. The number of ether oxygens (including phenoxy) is 1. The summed E-state index contributed by atoms with van der Waals surface area (Å²) in [4.78, 5) is 24.0. The van der Waals surface area contributed by atoms with Crippen LogP contribution < -0.4 is 10.7 Å². The summed E-state index contributed by atoms with van der Waals surface area (Å²) in [7, 11) is 0. The fraction of sp³-hybridized carbons (Fsp3) is 0.444. The fourth-order valence-electron chi connectivity index (χ4n) is 2.33. The molecule has 0 saturated carbocycles. The van der Waals surface area contributed by atoms with E-state index < -0.39 is 23.3 Å². The first kappa shape index (κ1) is 17.2. The molecule has 0 aliphatic rings. The van der Waals surface area contributed by atoms with Gasteiger partial charge in [0.05, 0.1) is 5.54 Å². The minimum absolute atomic E-state index is 0.164. The number of aliphatic hydroxyl groups excluding tert-OH is 1. The van der Waals surface area contributed by atoms with Crippen LogP contribution in [0, 0.1) is 0 Å². The molecule has 0 aliphatic heterocycles. The molecule has 0 heterocycles. The largest absolute Gasteiger partial charge is 0.444 e. The summed E-state index contributed by atoms with van der Waals surface area (Å²) >= 11 is 0.